The van der Waals surface area contributed by atoms with Crippen LogP contribution in [0.15, 0.2) is 11.8 Å². The first-order valence-electron chi connectivity index (χ1n) is 9.25. The van der Waals surface area contributed by atoms with Crippen LogP contribution < -0.4 is 5.32 Å². The van der Waals surface area contributed by atoms with E-state index >= 15 is 0 Å². The first-order valence-corrected chi connectivity index (χ1v) is 9.25. The third-order valence-corrected chi connectivity index (χ3v) is 5.15. The zero-order valence-corrected chi connectivity index (χ0v) is 15.3. The maximum atomic E-state index is 12.3. The molecule has 0 amide bonds. The van der Waals surface area contributed by atoms with E-state index < -0.39 is 0 Å². The molecule has 0 unspecified atom stereocenters. The first-order chi connectivity index (χ1) is 11.4. The number of ether oxygens (including phenoxy) is 2. The number of rotatable bonds is 5. The number of hydrogen-bond donors (Lipinski definition) is 1. The largest absolute Gasteiger partial charge is 0.464 e. The first kappa shape index (κ1) is 18.8. The van der Waals surface area contributed by atoms with Crippen molar-refractivity contribution < 1.29 is 19.1 Å². The lowest BCUT2D eigenvalue weighted by molar-refractivity contribution is -0.150. The summed E-state index contributed by atoms with van der Waals surface area (Å²) in [4.78, 5) is 24.0. The maximum absolute atomic E-state index is 12.3. The zero-order chi connectivity index (χ0) is 17.7. The molecule has 0 aromatic carbocycles. The third-order valence-electron chi connectivity index (χ3n) is 5.15. The zero-order valence-electron chi connectivity index (χ0n) is 15.3. The molecule has 4 atom stereocenters. The minimum Gasteiger partial charge on any atom is -0.464 e. The Morgan fingerprint density at radius 1 is 1.29 bits per heavy atom. The molecule has 1 heterocycles. The average molecular weight is 337 g/mol. The van der Waals surface area contributed by atoms with Crippen molar-refractivity contribution in [3.8, 4) is 0 Å². The highest BCUT2D eigenvalue weighted by Gasteiger charge is 2.33. The number of carbonyl (C=O) groups is 2. The van der Waals surface area contributed by atoms with Crippen LogP contribution in [0.25, 0.3) is 0 Å². The molecule has 2 rings (SSSR count). The van der Waals surface area contributed by atoms with Gasteiger partial charge in [-0.05, 0) is 50.4 Å². The van der Waals surface area contributed by atoms with E-state index in [-0.39, 0.29) is 24.1 Å². The molecule has 1 saturated carbocycles. The summed E-state index contributed by atoms with van der Waals surface area (Å²) >= 11 is 0. The van der Waals surface area contributed by atoms with Crippen molar-refractivity contribution in [2.24, 2.45) is 17.8 Å². The van der Waals surface area contributed by atoms with Crippen molar-refractivity contribution in [2.75, 3.05) is 6.61 Å². The number of nitrogens with one attached hydrogen (secondary N) is 1. The van der Waals surface area contributed by atoms with E-state index in [0.717, 1.165) is 18.5 Å². The molecule has 1 saturated heterocycles. The highest BCUT2D eigenvalue weighted by molar-refractivity contribution is 5.84. The van der Waals surface area contributed by atoms with Gasteiger partial charge in [0.2, 0.25) is 0 Å². The van der Waals surface area contributed by atoms with Gasteiger partial charge < -0.3 is 14.8 Å². The van der Waals surface area contributed by atoms with Crippen LogP contribution in [0, 0.1) is 17.8 Å². The van der Waals surface area contributed by atoms with Crippen LogP contribution in [0.2, 0.25) is 0 Å². The van der Waals surface area contributed by atoms with Gasteiger partial charge in [-0.1, -0.05) is 27.2 Å². The Hall–Kier alpha value is -1.52. The second-order valence-corrected chi connectivity index (χ2v) is 7.46. The normalized spacial score (nSPS) is 31.8. The van der Waals surface area contributed by atoms with Crippen LogP contribution >= 0.6 is 0 Å². The molecule has 136 valence electrons. The lowest BCUT2D eigenvalue weighted by Gasteiger charge is -2.36. The smallest absolute Gasteiger partial charge is 0.332 e. The molecule has 0 bridgehead atoms. The van der Waals surface area contributed by atoms with Gasteiger partial charge in [-0.15, -0.1) is 0 Å². The van der Waals surface area contributed by atoms with Crippen LogP contribution in [0.4, 0.5) is 0 Å². The van der Waals surface area contributed by atoms with E-state index in [1.807, 2.05) is 0 Å². The molecule has 5 heteroatoms. The van der Waals surface area contributed by atoms with Gasteiger partial charge in [0.1, 0.15) is 12.1 Å². The minimum atomic E-state index is -0.345. The molecule has 1 aliphatic carbocycles. The van der Waals surface area contributed by atoms with Crippen molar-refractivity contribution in [2.45, 2.75) is 71.9 Å². The van der Waals surface area contributed by atoms with E-state index in [2.05, 4.69) is 26.1 Å². The van der Waals surface area contributed by atoms with E-state index in [0.29, 0.717) is 37.2 Å². The summed E-state index contributed by atoms with van der Waals surface area (Å²) < 4.78 is 10.8. The molecule has 5 nitrogen and oxygen atoms in total. The van der Waals surface area contributed by atoms with Crippen LogP contribution in [0.1, 0.15) is 59.8 Å². The fourth-order valence-corrected chi connectivity index (χ4v) is 3.78. The number of allylic oxidation sites excluding steroid dienone is 1. The van der Waals surface area contributed by atoms with E-state index in [1.165, 1.54) is 12.5 Å². The standard InChI is InChI=1S/C19H31NO4/c1-5-23-19(22)16-9-7-14(20-16)11-18(21)24-17-10-13(4)6-8-15(17)12(2)3/h11-13,15-17,20H,5-10H2,1-4H3/b14-11-/t13-,15+,16+,17-/m1/s1. The van der Waals surface area contributed by atoms with Gasteiger partial charge in [-0.3, -0.25) is 0 Å². The van der Waals surface area contributed by atoms with Crippen LogP contribution in [-0.2, 0) is 19.1 Å². The number of carbonyl (C=O) groups excluding carboxylic acids is 2. The van der Waals surface area contributed by atoms with Gasteiger partial charge in [0.05, 0.1) is 6.61 Å². The molecular weight excluding hydrogens is 306 g/mol. The van der Waals surface area contributed by atoms with Crippen molar-refractivity contribution in [3.63, 3.8) is 0 Å². The van der Waals surface area contributed by atoms with Crippen molar-refractivity contribution in [1.82, 2.24) is 5.32 Å². The molecule has 0 spiro atoms. The average Bonchev–Trinajstić information content (AvgIpc) is 2.95. The molecule has 2 fully saturated rings. The Labute approximate surface area is 145 Å². The van der Waals surface area contributed by atoms with Gasteiger partial charge >= 0.3 is 11.9 Å². The fraction of sp³-hybridized carbons (Fsp3) is 0.789. The Morgan fingerprint density at radius 2 is 2.04 bits per heavy atom. The SMILES string of the molecule is CCOC(=O)[C@@H]1CC/C(=C/C(=O)O[C@@H]2C[C@H](C)CC[C@H]2C(C)C)N1. The summed E-state index contributed by atoms with van der Waals surface area (Å²) in [5.74, 6) is 0.998. The van der Waals surface area contributed by atoms with Gasteiger partial charge in [-0.2, -0.15) is 0 Å². The van der Waals surface area contributed by atoms with Crippen LogP contribution in [-0.4, -0.2) is 30.7 Å². The topological polar surface area (TPSA) is 64.6 Å². The molecule has 1 aliphatic heterocycles. The summed E-state index contributed by atoms with van der Waals surface area (Å²) in [5.41, 5.74) is 0.767. The molecule has 2 aliphatic rings. The predicted molar refractivity (Wildman–Crippen MR) is 92.1 cm³/mol. The van der Waals surface area contributed by atoms with Crippen LogP contribution in [0.5, 0.6) is 0 Å². The molecule has 24 heavy (non-hydrogen) atoms. The van der Waals surface area contributed by atoms with E-state index in [9.17, 15) is 9.59 Å². The second kappa shape index (κ2) is 8.54. The van der Waals surface area contributed by atoms with Gasteiger partial charge in [0.25, 0.3) is 0 Å². The van der Waals surface area contributed by atoms with Gasteiger partial charge in [0.15, 0.2) is 0 Å². The van der Waals surface area contributed by atoms with Crippen molar-refractivity contribution in [1.29, 1.82) is 0 Å². The molecule has 0 aromatic rings. The third kappa shape index (κ3) is 4.99. The monoisotopic (exact) mass is 337 g/mol. The molecular formula is C19H31NO4. The summed E-state index contributed by atoms with van der Waals surface area (Å²) in [7, 11) is 0. The second-order valence-electron chi connectivity index (χ2n) is 7.46. The maximum Gasteiger partial charge on any atom is 0.332 e. The predicted octanol–water partition coefficient (Wildman–Crippen LogP) is 3.19. The lowest BCUT2D eigenvalue weighted by atomic mass is 9.75. The summed E-state index contributed by atoms with van der Waals surface area (Å²) in [6, 6.07) is -0.345. The summed E-state index contributed by atoms with van der Waals surface area (Å²) in [5, 5.41) is 3.07. The Morgan fingerprint density at radius 3 is 2.71 bits per heavy atom. The van der Waals surface area contributed by atoms with E-state index in [1.54, 1.807) is 6.92 Å². The lowest BCUT2D eigenvalue weighted by Crippen LogP contribution is -2.36. The summed E-state index contributed by atoms with van der Waals surface area (Å²) in [6.07, 6.45) is 6.12. The highest BCUT2D eigenvalue weighted by Crippen LogP contribution is 2.35. The summed E-state index contributed by atoms with van der Waals surface area (Å²) in [6.45, 7) is 8.77. The Bertz CT molecular complexity index is 486. The quantitative estimate of drug-likeness (QED) is 0.616. The van der Waals surface area contributed by atoms with Crippen LogP contribution in [0.3, 0.4) is 0 Å². The van der Waals surface area contributed by atoms with E-state index in [4.69, 9.17) is 9.47 Å². The van der Waals surface area contributed by atoms with Crippen molar-refractivity contribution >= 4 is 11.9 Å². The molecule has 1 N–H and O–H groups in total. The number of esters is 2. The van der Waals surface area contributed by atoms with Gasteiger partial charge in [-0.25, -0.2) is 9.59 Å². The molecule has 0 aromatic heterocycles. The Balaban J connectivity index is 1.91. The number of hydrogen-bond acceptors (Lipinski definition) is 5. The highest BCUT2D eigenvalue weighted by atomic mass is 16.5. The van der Waals surface area contributed by atoms with Gasteiger partial charge in [0, 0.05) is 11.8 Å². The minimum absolute atomic E-state index is 0.000330. The fourth-order valence-electron chi connectivity index (χ4n) is 3.78. The van der Waals surface area contributed by atoms with Crippen molar-refractivity contribution in [3.05, 3.63) is 11.8 Å². The molecule has 0 radical (unpaired) electrons. The Kier molecular flexibility index (Phi) is 6.69.